The minimum Gasteiger partial charge on any atom is -0.325 e. The third kappa shape index (κ3) is 2.26. The normalized spacial score (nSPS) is 19.9. The lowest BCUT2D eigenvalue weighted by Gasteiger charge is -2.33. The average Bonchev–Trinajstić information content (AvgIpc) is 2.59. The van der Waals surface area contributed by atoms with Gasteiger partial charge in [-0.1, -0.05) is 19.3 Å². The summed E-state index contributed by atoms with van der Waals surface area (Å²) in [4.78, 5) is 0. The average molecular weight is 222 g/mol. The van der Waals surface area contributed by atoms with Crippen molar-refractivity contribution in [3.63, 3.8) is 0 Å². The van der Waals surface area contributed by atoms with E-state index in [2.05, 4.69) is 21.7 Å². The van der Waals surface area contributed by atoms with Crippen molar-refractivity contribution >= 4 is 0 Å². The van der Waals surface area contributed by atoms with Crippen molar-refractivity contribution in [2.24, 2.45) is 5.73 Å². The van der Waals surface area contributed by atoms with Gasteiger partial charge in [0.1, 0.15) is 11.6 Å². The fraction of sp³-hybridized carbons (Fsp3) is 0.833. The summed E-state index contributed by atoms with van der Waals surface area (Å²) >= 11 is 0. The smallest absolute Gasteiger partial charge is 0.134 e. The van der Waals surface area contributed by atoms with E-state index in [1.165, 1.54) is 19.3 Å². The fourth-order valence-electron chi connectivity index (χ4n) is 2.71. The van der Waals surface area contributed by atoms with Gasteiger partial charge in [0.2, 0.25) is 0 Å². The molecule has 4 nitrogen and oxygen atoms in total. The Labute approximate surface area is 97.2 Å². The number of hydrogen-bond donors (Lipinski definition) is 1. The molecule has 1 aromatic rings. The Morgan fingerprint density at radius 3 is 2.56 bits per heavy atom. The first-order chi connectivity index (χ1) is 7.64. The molecule has 0 amide bonds. The van der Waals surface area contributed by atoms with Gasteiger partial charge in [0, 0.05) is 18.5 Å². The van der Waals surface area contributed by atoms with Gasteiger partial charge in [0.15, 0.2) is 0 Å². The number of aromatic nitrogens is 3. The van der Waals surface area contributed by atoms with Gasteiger partial charge in [0.05, 0.1) is 0 Å². The lowest BCUT2D eigenvalue weighted by Crippen LogP contribution is -2.44. The number of nitrogens with two attached hydrogens (primary N) is 1. The molecular weight excluding hydrogens is 200 g/mol. The molecule has 0 aliphatic heterocycles. The summed E-state index contributed by atoms with van der Waals surface area (Å²) < 4.78 is 2.17. The molecule has 0 unspecified atom stereocenters. The van der Waals surface area contributed by atoms with E-state index in [9.17, 15) is 0 Å². The Balaban J connectivity index is 2.13. The van der Waals surface area contributed by atoms with Crippen LogP contribution in [0.5, 0.6) is 0 Å². The summed E-state index contributed by atoms with van der Waals surface area (Å²) in [6.45, 7) is 5.07. The molecule has 1 fully saturated rings. The molecule has 4 heteroatoms. The summed E-state index contributed by atoms with van der Waals surface area (Å²) in [6.07, 6.45) is 6.98. The molecule has 1 aliphatic carbocycles. The standard InChI is InChI=1S/C12H22N4/c1-3-16-10(2)14-15-11(16)9-12(13)7-5-4-6-8-12/h3-9,13H2,1-2H3. The third-order valence-electron chi connectivity index (χ3n) is 3.69. The Morgan fingerprint density at radius 2 is 1.94 bits per heavy atom. The van der Waals surface area contributed by atoms with Crippen LogP contribution in [0, 0.1) is 6.92 Å². The highest BCUT2D eigenvalue weighted by Gasteiger charge is 2.29. The lowest BCUT2D eigenvalue weighted by atomic mass is 9.80. The maximum absolute atomic E-state index is 6.44. The Hall–Kier alpha value is -0.900. The zero-order valence-electron chi connectivity index (χ0n) is 10.4. The van der Waals surface area contributed by atoms with Crippen molar-refractivity contribution in [2.45, 2.75) is 64.5 Å². The molecule has 1 aromatic heterocycles. The monoisotopic (exact) mass is 222 g/mol. The van der Waals surface area contributed by atoms with E-state index in [0.717, 1.165) is 37.5 Å². The Bertz CT molecular complexity index is 350. The minimum absolute atomic E-state index is 0.0371. The number of aryl methyl sites for hydroxylation is 1. The molecule has 0 atom stereocenters. The summed E-state index contributed by atoms with van der Waals surface area (Å²) in [6, 6.07) is 0. The third-order valence-corrected chi connectivity index (χ3v) is 3.69. The molecule has 2 rings (SSSR count). The van der Waals surface area contributed by atoms with Crippen molar-refractivity contribution in [2.75, 3.05) is 0 Å². The van der Waals surface area contributed by atoms with E-state index < -0.39 is 0 Å². The van der Waals surface area contributed by atoms with E-state index in [0.29, 0.717) is 0 Å². The van der Waals surface area contributed by atoms with E-state index in [1.54, 1.807) is 0 Å². The van der Waals surface area contributed by atoms with Crippen LogP contribution in [0.4, 0.5) is 0 Å². The quantitative estimate of drug-likeness (QED) is 0.848. The highest BCUT2D eigenvalue weighted by atomic mass is 15.3. The van der Waals surface area contributed by atoms with E-state index in [4.69, 9.17) is 5.73 Å². The van der Waals surface area contributed by atoms with Gasteiger partial charge in [0.25, 0.3) is 0 Å². The van der Waals surface area contributed by atoms with E-state index in [-0.39, 0.29) is 5.54 Å². The molecule has 0 radical (unpaired) electrons. The van der Waals surface area contributed by atoms with Gasteiger partial charge in [-0.2, -0.15) is 0 Å². The van der Waals surface area contributed by atoms with Crippen LogP contribution < -0.4 is 5.73 Å². The first-order valence-corrected chi connectivity index (χ1v) is 6.32. The van der Waals surface area contributed by atoms with Gasteiger partial charge in [-0.3, -0.25) is 0 Å². The molecule has 16 heavy (non-hydrogen) atoms. The zero-order valence-corrected chi connectivity index (χ0v) is 10.4. The van der Waals surface area contributed by atoms with Gasteiger partial charge < -0.3 is 10.3 Å². The van der Waals surface area contributed by atoms with Crippen LogP contribution in [0.2, 0.25) is 0 Å². The van der Waals surface area contributed by atoms with Crippen LogP contribution in [0.25, 0.3) is 0 Å². The Morgan fingerprint density at radius 1 is 1.25 bits per heavy atom. The van der Waals surface area contributed by atoms with Crippen molar-refractivity contribution in [1.29, 1.82) is 0 Å². The minimum atomic E-state index is -0.0371. The molecule has 0 saturated heterocycles. The molecule has 0 bridgehead atoms. The molecule has 0 spiro atoms. The van der Waals surface area contributed by atoms with Crippen LogP contribution in [0.3, 0.4) is 0 Å². The van der Waals surface area contributed by atoms with Gasteiger partial charge in [-0.05, 0) is 26.7 Å². The van der Waals surface area contributed by atoms with Crippen LogP contribution in [0.15, 0.2) is 0 Å². The lowest BCUT2D eigenvalue weighted by molar-refractivity contribution is 0.287. The van der Waals surface area contributed by atoms with Gasteiger partial charge >= 0.3 is 0 Å². The van der Waals surface area contributed by atoms with E-state index >= 15 is 0 Å². The zero-order chi connectivity index (χ0) is 11.6. The van der Waals surface area contributed by atoms with Crippen molar-refractivity contribution in [1.82, 2.24) is 14.8 Å². The second kappa shape index (κ2) is 4.53. The van der Waals surface area contributed by atoms with Crippen molar-refractivity contribution in [3.8, 4) is 0 Å². The van der Waals surface area contributed by atoms with E-state index in [1.807, 2.05) is 6.92 Å². The Kier molecular flexibility index (Phi) is 3.28. The van der Waals surface area contributed by atoms with Gasteiger partial charge in [-0.15, -0.1) is 10.2 Å². The number of nitrogens with zero attached hydrogens (tertiary/aromatic N) is 3. The van der Waals surface area contributed by atoms with Crippen LogP contribution in [-0.2, 0) is 13.0 Å². The molecule has 1 heterocycles. The summed E-state index contributed by atoms with van der Waals surface area (Å²) in [5.74, 6) is 2.06. The second-order valence-corrected chi connectivity index (χ2v) is 5.01. The molecule has 90 valence electrons. The maximum Gasteiger partial charge on any atom is 0.134 e. The first-order valence-electron chi connectivity index (χ1n) is 6.32. The summed E-state index contributed by atoms with van der Waals surface area (Å²) in [5.41, 5.74) is 6.41. The summed E-state index contributed by atoms with van der Waals surface area (Å²) in [5, 5.41) is 8.40. The second-order valence-electron chi connectivity index (χ2n) is 5.01. The molecule has 2 N–H and O–H groups in total. The van der Waals surface area contributed by atoms with Crippen LogP contribution >= 0.6 is 0 Å². The SMILES string of the molecule is CCn1c(C)nnc1CC1(N)CCCCC1. The molecular formula is C12H22N4. The summed E-state index contributed by atoms with van der Waals surface area (Å²) in [7, 11) is 0. The van der Waals surface area contributed by atoms with Crippen molar-refractivity contribution < 1.29 is 0 Å². The highest BCUT2D eigenvalue weighted by Crippen LogP contribution is 2.28. The number of hydrogen-bond acceptors (Lipinski definition) is 3. The van der Waals surface area contributed by atoms with Crippen LogP contribution in [0.1, 0.15) is 50.7 Å². The molecule has 1 saturated carbocycles. The van der Waals surface area contributed by atoms with Crippen molar-refractivity contribution in [3.05, 3.63) is 11.6 Å². The highest BCUT2D eigenvalue weighted by molar-refractivity contribution is 5.02. The molecule has 0 aromatic carbocycles. The topological polar surface area (TPSA) is 56.7 Å². The predicted molar refractivity (Wildman–Crippen MR) is 64.1 cm³/mol. The molecule has 1 aliphatic rings. The first kappa shape index (κ1) is 11.6. The van der Waals surface area contributed by atoms with Crippen LogP contribution in [-0.4, -0.2) is 20.3 Å². The largest absolute Gasteiger partial charge is 0.325 e. The predicted octanol–water partition coefficient (Wildman–Crippen LogP) is 1.81. The maximum atomic E-state index is 6.44. The number of rotatable bonds is 3. The van der Waals surface area contributed by atoms with Gasteiger partial charge in [-0.25, -0.2) is 0 Å². The fourth-order valence-corrected chi connectivity index (χ4v) is 2.71.